The molecule has 0 aliphatic carbocycles. The van der Waals surface area contributed by atoms with Gasteiger partial charge in [-0.2, -0.15) is 0 Å². The first kappa shape index (κ1) is 13.6. The molecule has 0 amide bonds. The molecule has 0 bridgehead atoms. The van der Waals surface area contributed by atoms with Crippen LogP contribution >= 0.6 is 0 Å². The van der Waals surface area contributed by atoms with E-state index < -0.39 is 5.97 Å². The molecule has 0 aromatic heterocycles. The summed E-state index contributed by atoms with van der Waals surface area (Å²) < 4.78 is 0. The summed E-state index contributed by atoms with van der Waals surface area (Å²) in [6.07, 6.45) is 1.30. The van der Waals surface area contributed by atoms with Gasteiger partial charge in [-0.1, -0.05) is 23.8 Å². The van der Waals surface area contributed by atoms with E-state index in [0.717, 1.165) is 38.3 Å². The third-order valence-electron chi connectivity index (χ3n) is 3.34. The van der Waals surface area contributed by atoms with Crippen LogP contribution in [0.5, 0.6) is 0 Å². The highest BCUT2D eigenvalue weighted by atomic mass is 16.4. The number of hydrogen-bond donors (Lipinski definition) is 1. The summed E-state index contributed by atoms with van der Waals surface area (Å²) in [5.41, 5.74) is 2.17. The third-order valence-corrected chi connectivity index (χ3v) is 3.34. The van der Waals surface area contributed by atoms with E-state index in [2.05, 4.69) is 34.1 Å². The zero-order chi connectivity index (χ0) is 13.7. The number of nitrogens with zero attached hydrogens (tertiary/aromatic N) is 2. The van der Waals surface area contributed by atoms with Crippen molar-refractivity contribution < 1.29 is 9.90 Å². The average Bonchev–Trinajstić information content (AvgIpc) is 2.39. The Bertz CT molecular complexity index is 448. The van der Waals surface area contributed by atoms with Gasteiger partial charge in [0.25, 0.3) is 0 Å². The van der Waals surface area contributed by atoms with Crippen molar-refractivity contribution >= 4 is 11.7 Å². The number of aliphatic carboxylic acids is 1. The van der Waals surface area contributed by atoms with Crippen molar-refractivity contribution in [1.29, 1.82) is 0 Å². The molecule has 0 spiro atoms. The lowest BCUT2D eigenvalue weighted by molar-refractivity contribution is -0.131. The predicted octanol–water partition coefficient (Wildman–Crippen LogP) is 1.84. The quantitative estimate of drug-likeness (QED) is 0.839. The summed E-state index contributed by atoms with van der Waals surface area (Å²) in [5.74, 6) is -0.861. The van der Waals surface area contributed by atoms with Crippen LogP contribution in [0.15, 0.2) is 42.0 Å². The Morgan fingerprint density at radius 1 is 1.21 bits per heavy atom. The number of carboxylic acids is 1. The van der Waals surface area contributed by atoms with Gasteiger partial charge in [-0.05, 0) is 19.1 Å². The molecule has 1 aliphatic rings. The summed E-state index contributed by atoms with van der Waals surface area (Å²) in [7, 11) is 0. The zero-order valence-electron chi connectivity index (χ0n) is 11.2. The molecular formula is C15H20N2O2. The van der Waals surface area contributed by atoms with Gasteiger partial charge in [0.05, 0.1) is 0 Å². The molecule has 19 heavy (non-hydrogen) atoms. The topological polar surface area (TPSA) is 43.8 Å². The van der Waals surface area contributed by atoms with Crippen molar-refractivity contribution in [2.24, 2.45) is 0 Å². The van der Waals surface area contributed by atoms with Crippen molar-refractivity contribution in [3.8, 4) is 0 Å². The molecule has 2 rings (SSSR count). The average molecular weight is 260 g/mol. The number of piperazine rings is 1. The highest BCUT2D eigenvalue weighted by Crippen LogP contribution is 2.15. The van der Waals surface area contributed by atoms with E-state index in [4.69, 9.17) is 5.11 Å². The van der Waals surface area contributed by atoms with Crippen molar-refractivity contribution in [2.45, 2.75) is 6.92 Å². The van der Waals surface area contributed by atoms with Gasteiger partial charge in [-0.15, -0.1) is 0 Å². The Labute approximate surface area is 113 Å². The van der Waals surface area contributed by atoms with Gasteiger partial charge < -0.3 is 10.0 Å². The van der Waals surface area contributed by atoms with Crippen LogP contribution in [0.4, 0.5) is 5.69 Å². The number of carboxylic acid groups (broad SMARTS) is 1. The number of hydrogen-bond acceptors (Lipinski definition) is 3. The van der Waals surface area contributed by atoms with Crippen LogP contribution in [0, 0.1) is 0 Å². The van der Waals surface area contributed by atoms with Crippen LogP contribution in [0.1, 0.15) is 6.92 Å². The Kier molecular flexibility index (Phi) is 4.58. The summed E-state index contributed by atoms with van der Waals surface area (Å²) in [4.78, 5) is 15.3. The van der Waals surface area contributed by atoms with Crippen molar-refractivity contribution in [2.75, 3.05) is 37.6 Å². The van der Waals surface area contributed by atoms with Gasteiger partial charge in [0, 0.05) is 44.5 Å². The Hall–Kier alpha value is -1.81. The minimum absolute atomic E-state index is 0.745. The van der Waals surface area contributed by atoms with Gasteiger partial charge in [-0.25, -0.2) is 4.79 Å². The first-order valence-electron chi connectivity index (χ1n) is 6.57. The second-order valence-electron chi connectivity index (χ2n) is 4.93. The van der Waals surface area contributed by atoms with Crippen molar-refractivity contribution in [1.82, 2.24) is 4.90 Å². The highest BCUT2D eigenvalue weighted by molar-refractivity contribution is 5.80. The van der Waals surface area contributed by atoms with Crippen molar-refractivity contribution in [3.05, 3.63) is 42.0 Å². The number of benzene rings is 1. The van der Waals surface area contributed by atoms with E-state index in [1.165, 1.54) is 11.8 Å². The minimum Gasteiger partial charge on any atom is -0.478 e. The van der Waals surface area contributed by atoms with E-state index in [0.29, 0.717) is 0 Å². The molecule has 4 nitrogen and oxygen atoms in total. The first-order valence-corrected chi connectivity index (χ1v) is 6.57. The second-order valence-corrected chi connectivity index (χ2v) is 4.93. The first-order chi connectivity index (χ1) is 9.15. The number of anilines is 1. The molecular weight excluding hydrogens is 240 g/mol. The molecule has 1 heterocycles. The Morgan fingerprint density at radius 3 is 2.42 bits per heavy atom. The maximum absolute atomic E-state index is 10.6. The molecule has 102 valence electrons. The lowest BCUT2D eigenvalue weighted by Crippen LogP contribution is -2.46. The smallest absolute Gasteiger partial charge is 0.328 e. The maximum Gasteiger partial charge on any atom is 0.328 e. The molecule has 1 N–H and O–H groups in total. The van der Waals surface area contributed by atoms with Gasteiger partial charge in [0.1, 0.15) is 0 Å². The maximum atomic E-state index is 10.6. The molecule has 1 aromatic rings. The summed E-state index contributed by atoms with van der Waals surface area (Å²) in [6.45, 7) is 6.54. The summed E-state index contributed by atoms with van der Waals surface area (Å²) in [6, 6.07) is 10.4. The number of rotatable bonds is 4. The van der Waals surface area contributed by atoms with Crippen LogP contribution in [-0.2, 0) is 4.79 Å². The predicted molar refractivity (Wildman–Crippen MR) is 76.5 cm³/mol. The molecule has 4 heteroatoms. The fourth-order valence-electron chi connectivity index (χ4n) is 2.41. The van der Waals surface area contributed by atoms with Gasteiger partial charge in [-0.3, -0.25) is 4.90 Å². The fourth-order valence-corrected chi connectivity index (χ4v) is 2.41. The van der Waals surface area contributed by atoms with Gasteiger partial charge in [0.15, 0.2) is 0 Å². The third kappa shape index (κ3) is 4.10. The minimum atomic E-state index is -0.861. The second kappa shape index (κ2) is 6.38. The fraction of sp³-hybridized carbons (Fsp3) is 0.400. The summed E-state index contributed by atoms with van der Waals surface area (Å²) in [5, 5.41) is 8.70. The van der Waals surface area contributed by atoms with Crippen LogP contribution in [0.2, 0.25) is 0 Å². The molecule has 1 fully saturated rings. The molecule has 1 saturated heterocycles. The van der Waals surface area contributed by atoms with E-state index in [1.807, 2.05) is 13.0 Å². The monoisotopic (exact) mass is 260 g/mol. The number of para-hydroxylation sites is 1. The van der Waals surface area contributed by atoms with E-state index in [1.54, 1.807) is 0 Å². The highest BCUT2D eigenvalue weighted by Gasteiger charge is 2.17. The molecule has 0 radical (unpaired) electrons. The zero-order valence-corrected chi connectivity index (χ0v) is 11.2. The molecule has 0 saturated carbocycles. The molecule has 0 atom stereocenters. The molecule has 1 aliphatic heterocycles. The van der Waals surface area contributed by atoms with Crippen LogP contribution in [0.25, 0.3) is 0 Å². The SMILES string of the molecule is CC(=CC(=O)O)CN1CCN(c2ccccc2)CC1. The standard InChI is InChI=1S/C15H20N2O2/c1-13(11-15(18)19)12-16-7-9-17(10-8-16)14-5-3-2-4-6-14/h2-6,11H,7-10,12H2,1H3,(H,18,19). The lowest BCUT2D eigenvalue weighted by Gasteiger charge is -2.36. The molecule has 1 aromatic carbocycles. The largest absolute Gasteiger partial charge is 0.478 e. The van der Waals surface area contributed by atoms with E-state index >= 15 is 0 Å². The van der Waals surface area contributed by atoms with E-state index in [9.17, 15) is 4.79 Å². The van der Waals surface area contributed by atoms with Crippen LogP contribution < -0.4 is 4.90 Å². The van der Waals surface area contributed by atoms with Gasteiger partial charge >= 0.3 is 5.97 Å². The van der Waals surface area contributed by atoms with Gasteiger partial charge in [0.2, 0.25) is 0 Å². The molecule has 0 unspecified atom stereocenters. The van der Waals surface area contributed by atoms with Crippen LogP contribution in [0.3, 0.4) is 0 Å². The number of carbonyl (C=O) groups is 1. The van der Waals surface area contributed by atoms with E-state index in [-0.39, 0.29) is 0 Å². The summed E-state index contributed by atoms with van der Waals surface area (Å²) >= 11 is 0. The van der Waals surface area contributed by atoms with Crippen molar-refractivity contribution in [3.63, 3.8) is 0 Å². The normalized spacial score (nSPS) is 17.5. The Morgan fingerprint density at radius 2 is 1.84 bits per heavy atom. The lowest BCUT2D eigenvalue weighted by atomic mass is 10.2. The van der Waals surface area contributed by atoms with Crippen LogP contribution in [-0.4, -0.2) is 48.7 Å². The Balaban J connectivity index is 1.84.